The van der Waals surface area contributed by atoms with Crippen molar-refractivity contribution in [2.45, 2.75) is 32.3 Å². The Hall–Kier alpha value is -3.92. The van der Waals surface area contributed by atoms with Crippen LogP contribution in [-0.2, 0) is 9.59 Å². The van der Waals surface area contributed by atoms with Crippen molar-refractivity contribution in [2.75, 3.05) is 20.2 Å². The normalized spacial score (nSPS) is 19.0. The first-order valence-corrected chi connectivity index (χ1v) is 12.9. The summed E-state index contributed by atoms with van der Waals surface area (Å²) in [5.41, 5.74) is 1.80. The van der Waals surface area contributed by atoms with Gasteiger partial charge in [-0.05, 0) is 60.9 Å². The van der Waals surface area contributed by atoms with E-state index in [1.165, 1.54) is 5.01 Å². The molecular weight excluding hydrogens is 490 g/mol. The molecule has 2 amide bonds. The molecule has 1 N–H and O–H groups in total. The third kappa shape index (κ3) is 5.29. The molecule has 3 aliphatic heterocycles. The minimum Gasteiger partial charge on any atom is -0.493 e. The first kappa shape index (κ1) is 24.8. The van der Waals surface area contributed by atoms with Gasteiger partial charge in [0.1, 0.15) is 11.1 Å². The Labute approximate surface area is 219 Å². The molecule has 0 saturated carbocycles. The van der Waals surface area contributed by atoms with Crippen molar-refractivity contribution in [1.29, 1.82) is 5.41 Å². The fraction of sp³-hybridized carbons (Fsp3) is 0.296. The van der Waals surface area contributed by atoms with Crippen LogP contribution < -0.4 is 9.47 Å². The highest BCUT2D eigenvalue weighted by Crippen LogP contribution is 2.34. The summed E-state index contributed by atoms with van der Waals surface area (Å²) in [5, 5.41) is 15.2. The minimum atomic E-state index is -0.525. The Balaban J connectivity index is 1.33. The van der Waals surface area contributed by atoms with Gasteiger partial charge in [0.2, 0.25) is 11.1 Å². The SMILES string of the molecule is COc1cc(/C=C2/C(=N)N3N=C(CC(=O)N4CCCC4)SC3=NC2=O)ccc1O[C@@H](C)c1ccccc1. The van der Waals surface area contributed by atoms with E-state index in [0.29, 0.717) is 27.3 Å². The van der Waals surface area contributed by atoms with Crippen molar-refractivity contribution in [3.63, 3.8) is 0 Å². The molecule has 10 heteroatoms. The molecule has 37 heavy (non-hydrogen) atoms. The Morgan fingerprint density at radius 1 is 1.16 bits per heavy atom. The number of thioether (sulfide) groups is 1. The van der Waals surface area contributed by atoms with Gasteiger partial charge >= 0.3 is 0 Å². The molecule has 0 unspecified atom stereocenters. The molecule has 3 aliphatic rings. The van der Waals surface area contributed by atoms with Gasteiger partial charge in [-0.1, -0.05) is 36.4 Å². The van der Waals surface area contributed by atoms with Gasteiger partial charge in [-0.15, -0.1) is 0 Å². The smallest absolute Gasteiger partial charge is 0.283 e. The minimum absolute atomic E-state index is 0.00815. The van der Waals surface area contributed by atoms with E-state index in [-0.39, 0.29) is 29.8 Å². The van der Waals surface area contributed by atoms with Crippen LogP contribution in [0.15, 0.2) is 64.2 Å². The number of nitrogens with zero attached hydrogens (tertiary/aromatic N) is 4. The lowest BCUT2D eigenvalue weighted by Crippen LogP contribution is -2.35. The first-order valence-electron chi connectivity index (χ1n) is 12.1. The van der Waals surface area contributed by atoms with E-state index >= 15 is 0 Å². The molecule has 0 bridgehead atoms. The number of aliphatic imine (C=N–C) groups is 1. The van der Waals surface area contributed by atoms with Crippen molar-refractivity contribution in [2.24, 2.45) is 10.1 Å². The van der Waals surface area contributed by atoms with E-state index in [9.17, 15) is 9.59 Å². The number of methoxy groups -OCH3 is 1. The molecule has 0 radical (unpaired) electrons. The van der Waals surface area contributed by atoms with Crippen LogP contribution in [0.1, 0.15) is 43.4 Å². The van der Waals surface area contributed by atoms with E-state index in [4.69, 9.17) is 14.9 Å². The highest BCUT2D eigenvalue weighted by molar-refractivity contribution is 8.27. The number of benzene rings is 2. The van der Waals surface area contributed by atoms with Crippen LogP contribution in [0.5, 0.6) is 11.5 Å². The van der Waals surface area contributed by atoms with Crippen molar-refractivity contribution in [3.05, 3.63) is 65.2 Å². The number of rotatable bonds is 7. The molecule has 0 aliphatic carbocycles. The zero-order chi connectivity index (χ0) is 25.9. The summed E-state index contributed by atoms with van der Waals surface area (Å²) in [6.07, 6.45) is 3.58. The highest BCUT2D eigenvalue weighted by Gasteiger charge is 2.36. The quantitative estimate of drug-likeness (QED) is 0.543. The number of hydrazone groups is 1. The van der Waals surface area contributed by atoms with Gasteiger partial charge in [0.25, 0.3) is 5.91 Å². The number of amidine groups is 2. The third-order valence-corrected chi connectivity index (χ3v) is 7.24. The maximum atomic E-state index is 12.8. The third-order valence-electron chi connectivity index (χ3n) is 6.33. The fourth-order valence-corrected chi connectivity index (χ4v) is 5.21. The van der Waals surface area contributed by atoms with Crippen molar-refractivity contribution in [3.8, 4) is 11.5 Å². The van der Waals surface area contributed by atoms with Gasteiger partial charge in [0, 0.05) is 13.1 Å². The number of likely N-dealkylation sites (tertiary alicyclic amines) is 1. The van der Waals surface area contributed by atoms with Crippen LogP contribution in [-0.4, -0.2) is 58.0 Å². The molecular formula is C27H27N5O4S. The Kier molecular flexibility index (Phi) is 7.09. The number of carbonyl (C=O) groups is 2. The number of hydrogen-bond donors (Lipinski definition) is 1. The number of fused-ring (bicyclic) bond motifs is 1. The predicted molar refractivity (Wildman–Crippen MR) is 144 cm³/mol. The van der Waals surface area contributed by atoms with Gasteiger partial charge in [0.05, 0.1) is 19.1 Å². The fourth-order valence-electron chi connectivity index (χ4n) is 4.33. The first-order chi connectivity index (χ1) is 17.9. The van der Waals surface area contributed by atoms with Crippen LogP contribution in [0.2, 0.25) is 0 Å². The van der Waals surface area contributed by atoms with Gasteiger partial charge < -0.3 is 14.4 Å². The van der Waals surface area contributed by atoms with Crippen LogP contribution in [0.25, 0.3) is 6.08 Å². The number of amides is 2. The summed E-state index contributed by atoms with van der Waals surface area (Å²) >= 11 is 1.16. The summed E-state index contributed by atoms with van der Waals surface area (Å²) < 4.78 is 11.6. The predicted octanol–water partition coefficient (Wildman–Crippen LogP) is 4.47. The summed E-state index contributed by atoms with van der Waals surface area (Å²) in [6, 6.07) is 15.2. The number of nitrogens with one attached hydrogen (secondary N) is 1. The maximum absolute atomic E-state index is 12.8. The van der Waals surface area contributed by atoms with Crippen LogP contribution in [0.4, 0.5) is 0 Å². The summed E-state index contributed by atoms with van der Waals surface area (Å²) in [7, 11) is 1.55. The molecule has 3 heterocycles. The van der Waals surface area contributed by atoms with Gasteiger partial charge in [0.15, 0.2) is 17.3 Å². The second-order valence-corrected chi connectivity index (χ2v) is 9.90. The van der Waals surface area contributed by atoms with Crippen LogP contribution in [0.3, 0.4) is 0 Å². The number of carbonyl (C=O) groups excluding carboxylic acids is 2. The molecule has 2 aromatic carbocycles. The van der Waals surface area contributed by atoms with Gasteiger partial charge in [-0.25, -0.2) is 0 Å². The summed E-state index contributed by atoms with van der Waals surface area (Å²) in [4.78, 5) is 31.3. The second kappa shape index (κ2) is 10.6. The zero-order valence-corrected chi connectivity index (χ0v) is 21.5. The lowest BCUT2D eigenvalue weighted by atomic mass is 10.1. The van der Waals surface area contributed by atoms with Crippen molar-refractivity contribution in [1.82, 2.24) is 9.91 Å². The standard InChI is InChI=1S/C27H27N5O4S/c1-17(19-8-4-3-5-9-19)36-21-11-10-18(15-22(21)35-2)14-20-25(28)32-27(29-26(20)34)37-23(30-32)16-24(33)31-12-6-7-13-31/h3-5,8-11,14-15,17,28H,6-7,12-13,16H2,1-2H3/b20-14-,28-25?/t17-/m0/s1. The Morgan fingerprint density at radius 3 is 2.65 bits per heavy atom. The Morgan fingerprint density at radius 2 is 1.92 bits per heavy atom. The largest absolute Gasteiger partial charge is 0.493 e. The molecule has 9 nitrogen and oxygen atoms in total. The van der Waals surface area contributed by atoms with E-state index in [2.05, 4.69) is 10.1 Å². The van der Waals surface area contributed by atoms with Crippen molar-refractivity contribution < 1.29 is 19.1 Å². The van der Waals surface area contributed by atoms with E-state index in [1.807, 2.05) is 42.2 Å². The molecule has 1 fully saturated rings. The average Bonchev–Trinajstić information content (AvgIpc) is 3.58. The lowest BCUT2D eigenvalue weighted by molar-refractivity contribution is -0.128. The second-order valence-electron chi connectivity index (χ2n) is 8.86. The molecule has 0 spiro atoms. The zero-order valence-electron chi connectivity index (χ0n) is 20.6. The number of hydrogen-bond acceptors (Lipinski definition) is 7. The van der Waals surface area contributed by atoms with E-state index < -0.39 is 5.91 Å². The Bertz CT molecular complexity index is 1330. The molecule has 0 aromatic heterocycles. The average molecular weight is 518 g/mol. The molecule has 2 aromatic rings. The topological polar surface area (TPSA) is 108 Å². The summed E-state index contributed by atoms with van der Waals surface area (Å²) in [5.74, 6) is 0.479. The maximum Gasteiger partial charge on any atom is 0.283 e. The number of ether oxygens (including phenoxy) is 2. The molecule has 190 valence electrons. The molecule has 1 saturated heterocycles. The lowest BCUT2D eigenvalue weighted by Gasteiger charge is -2.20. The van der Waals surface area contributed by atoms with Crippen LogP contribution >= 0.6 is 11.8 Å². The van der Waals surface area contributed by atoms with Crippen molar-refractivity contribution >= 4 is 45.7 Å². The van der Waals surface area contributed by atoms with Gasteiger partial charge in [-0.3, -0.25) is 15.0 Å². The van der Waals surface area contributed by atoms with Gasteiger partial charge in [-0.2, -0.15) is 15.1 Å². The monoisotopic (exact) mass is 517 g/mol. The summed E-state index contributed by atoms with van der Waals surface area (Å²) in [6.45, 7) is 3.49. The molecule has 5 rings (SSSR count). The van der Waals surface area contributed by atoms with E-state index in [1.54, 1.807) is 31.4 Å². The van der Waals surface area contributed by atoms with Crippen LogP contribution in [0, 0.1) is 5.41 Å². The molecule has 1 atom stereocenters. The highest BCUT2D eigenvalue weighted by atomic mass is 32.2. The van der Waals surface area contributed by atoms with E-state index in [0.717, 1.165) is 43.3 Å².